The molecule has 0 atom stereocenters. The summed E-state index contributed by atoms with van der Waals surface area (Å²) in [6.07, 6.45) is 1.63. The van der Waals surface area contributed by atoms with E-state index in [1.54, 1.807) is 0 Å². The van der Waals surface area contributed by atoms with Gasteiger partial charge in [0.2, 0.25) is 0 Å². The van der Waals surface area contributed by atoms with Crippen molar-refractivity contribution in [2.45, 2.75) is 38.8 Å². The molecule has 0 spiro atoms. The maximum Gasteiger partial charge on any atom is 0.278 e. The third-order valence-corrected chi connectivity index (χ3v) is 10.2. The van der Waals surface area contributed by atoms with Gasteiger partial charge in [-0.1, -0.05) is 177 Å². The largest absolute Gasteiger partial charge is 0.290 e. The van der Waals surface area contributed by atoms with Gasteiger partial charge < -0.3 is 0 Å². The van der Waals surface area contributed by atoms with E-state index < -0.39 is 5.54 Å². The number of carbonyl (C=O) groups excluding carboxylic acids is 1. The Labute approximate surface area is 316 Å². The minimum atomic E-state index is -0.869. The van der Waals surface area contributed by atoms with Crippen molar-refractivity contribution in [2.75, 3.05) is 0 Å². The zero-order valence-electron chi connectivity index (χ0n) is 30.4. The Balaban J connectivity index is 1.18. The van der Waals surface area contributed by atoms with E-state index in [0.29, 0.717) is 18.1 Å². The molecule has 1 aliphatic rings. The summed E-state index contributed by atoms with van der Waals surface area (Å²) in [5.41, 5.74) is 8.60. The number of aromatic nitrogens is 4. The highest BCUT2D eigenvalue weighted by atomic mass is 16.2. The lowest BCUT2D eigenvalue weighted by Gasteiger charge is -2.36. The fraction of sp³-hybridized carbons (Fsp3) is 0.128. The topological polar surface area (TPSA) is 76.3 Å². The summed E-state index contributed by atoms with van der Waals surface area (Å²) in [4.78, 5) is 20.5. The molecule has 0 radical (unpaired) electrons. The molecule has 0 saturated heterocycles. The lowest BCUT2D eigenvalue weighted by atomic mass is 9.77. The Kier molecular flexibility index (Phi) is 9.60. The normalized spacial score (nSPS) is 13.9. The molecular weight excluding hydrogens is 665 g/mol. The Morgan fingerprint density at radius 2 is 1.15 bits per heavy atom. The predicted octanol–water partition coefficient (Wildman–Crippen LogP) is 9.82. The van der Waals surface area contributed by atoms with Crippen LogP contribution in [0, 0.1) is 0 Å². The van der Waals surface area contributed by atoms with E-state index >= 15 is 0 Å². The number of rotatable bonds is 11. The van der Waals surface area contributed by atoms with E-state index in [1.807, 2.05) is 77.2 Å². The van der Waals surface area contributed by atoms with Crippen molar-refractivity contribution in [1.82, 2.24) is 25.1 Å². The third-order valence-electron chi connectivity index (χ3n) is 10.2. The summed E-state index contributed by atoms with van der Waals surface area (Å²) in [6.45, 7) is 4.53. The number of nitrogens with zero attached hydrogens (tertiary/aromatic N) is 6. The van der Waals surface area contributed by atoms with Gasteiger partial charge >= 0.3 is 0 Å². The summed E-state index contributed by atoms with van der Waals surface area (Å²) >= 11 is 0. The van der Waals surface area contributed by atoms with Crippen LogP contribution in [-0.2, 0) is 16.9 Å². The quantitative estimate of drug-likeness (QED) is 0.0993. The van der Waals surface area contributed by atoms with Gasteiger partial charge in [-0.05, 0) is 68.3 Å². The Morgan fingerprint density at radius 1 is 0.630 bits per heavy atom. The molecule has 0 bridgehead atoms. The third kappa shape index (κ3) is 6.24. The van der Waals surface area contributed by atoms with Crippen LogP contribution in [0.3, 0.4) is 0 Å². The fourth-order valence-corrected chi connectivity index (χ4v) is 7.52. The number of amidine groups is 1. The van der Waals surface area contributed by atoms with Crippen molar-refractivity contribution >= 4 is 17.3 Å². The predicted molar refractivity (Wildman–Crippen MR) is 215 cm³/mol. The first-order chi connectivity index (χ1) is 26.6. The first-order valence-corrected chi connectivity index (χ1v) is 18.4. The van der Waals surface area contributed by atoms with Gasteiger partial charge in [0.25, 0.3) is 5.91 Å². The molecule has 1 aliphatic heterocycles. The summed E-state index contributed by atoms with van der Waals surface area (Å²) in [7, 11) is 0. The zero-order valence-corrected chi connectivity index (χ0v) is 30.4. The van der Waals surface area contributed by atoms with E-state index in [2.05, 4.69) is 121 Å². The van der Waals surface area contributed by atoms with Gasteiger partial charge in [-0.25, -0.2) is 9.67 Å². The van der Waals surface area contributed by atoms with Crippen LogP contribution < -0.4 is 0 Å². The minimum Gasteiger partial charge on any atom is -0.290 e. The Bertz CT molecular complexity index is 2340. The first kappa shape index (κ1) is 34.4. The molecule has 0 aliphatic carbocycles. The second-order valence-electron chi connectivity index (χ2n) is 13.5. The molecule has 0 fully saturated rings. The molecule has 7 heteroatoms. The number of tetrazole rings is 1. The van der Waals surface area contributed by atoms with Gasteiger partial charge in [-0.2, -0.15) is 0 Å². The number of hydrogen-bond donors (Lipinski definition) is 0. The van der Waals surface area contributed by atoms with Crippen molar-refractivity contribution in [2.24, 2.45) is 4.99 Å². The molecule has 0 unspecified atom stereocenters. The summed E-state index contributed by atoms with van der Waals surface area (Å²) in [5.74, 6) is 1.40. The van der Waals surface area contributed by atoms with Gasteiger partial charge in [0.1, 0.15) is 17.1 Å². The van der Waals surface area contributed by atoms with Crippen LogP contribution in [0.2, 0.25) is 0 Å². The maximum absolute atomic E-state index is 13.8. The standard InChI is InChI=1S/C47H40N6O/c1-3-18-43-48-44(34(2)36-19-8-4-9-20-36)46(54)52(43)33-35-29-31-37(32-30-35)41-27-16-17-28-42(41)45-49-50-51-53(45)47(38-21-10-5-11-22-38,39-23-12-6-13-24-39)40-25-14-7-15-26-40/h4-17,19-32H,3,18,33H2,1-2H3. The van der Waals surface area contributed by atoms with Crippen LogP contribution in [0.25, 0.3) is 28.1 Å². The van der Waals surface area contributed by atoms with Gasteiger partial charge in [-0.3, -0.25) is 9.69 Å². The van der Waals surface area contributed by atoms with Crippen LogP contribution in [-0.4, -0.2) is 36.8 Å². The molecule has 7 nitrogen and oxygen atoms in total. The maximum atomic E-state index is 13.8. The molecule has 7 aromatic rings. The number of carbonyl (C=O) groups is 1. The highest BCUT2D eigenvalue weighted by molar-refractivity contribution is 6.15. The molecular formula is C47H40N6O. The van der Waals surface area contributed by atoms with Crippen molar-refractivity contribution in [3.63, 3.8) is 0 Å². The van der Waals surface area contributed by atoms with Crippen molar-refractivity contribution in [3.8, 4) is 22.5 Å². The molecule has 8 rings (SSSR count). The van der Waals surface area contributed by atoms with Crippen LogP contribution in [0.15, 0.2) is 181 Å². The molecule has 1 amide bonds. The molecule has 2 heterocycles. The molecule has 6 aromatic carbocycles. The SMILES string of the molecule is CCCC1=NC(=C(C)c2ccccc2)C(=O)N1Cc1ccc(-c2ccccc2-c2nnnn2C(c2ccccc2)(c2ccccc2)c2ccccc2)cc1. The number of amides is 1. The van der Waals surface area contributed by atoms with Crippen LogP contribution >= 0.6 is 0 Å². The summed E-state index contributed by atoms with van der Waals surface area (Å²) in [5, 5.41) is 13.8. The lowest BCUT2D eigenvalue weighted by molar-refractivity contribution is -0.123. The van der Waals surface area contributed by atoms with E-state index in [0.717, 1.165) is 68.8 Å². The Hall–Kier alpha value is -6.73. The van der Waals surface area contributed by atoms with Gasteiger partial charge in [-0.15, -0.1) is 5.10 Å². The molecule has 0 N–H and O–H groups in total. The lowest BCUT2D eigenvalue weighted by Crippen LogP contribution is -2.39. The highest BCUT2D eigenvalue weighted by Gasteiger charge is 2.42. The van der Waals surface area contributed by atoms with Crippen LogP contribution in [0.4, 0.5) is 0 Å². The van der Waals surface area contributed by atoms with Crippen LogP contribution in [0.5, 0.6) is 0 Å². The minimum absolute atomic E-state index is 0.0557. The average molecular weight is 705 g/mol. The van der Waals surface area contributed by atoms with Gasteiger partial charge in [0.05, 0.1) is 6.54 Å². The molecule has 264 valence electrons. The smallest absolute Gasteiger partial charge is 0.278 e. The van der Waals surface area contributed by atoms with E-state index in [-0.39, 0.29) is 5.91 Å². The number of allylic oxidation sites excluding steroid dienone is 1. The number of aliphatic imine (C=N–C) groups is 1. The van der Waals surface area contributed by atoms with Crippen molar-refractivity contribution in [3.05, 3.63) is 203 Å². The first-order valence-electron chi connectivity index (χ1n) is 18.4. The second kappa shape index (κ2) is 15.1. The summed E-state index contributed by atoms with van der Waals surface area (Å²) < 4.78 is 1.97. The van der Waals surface area contributed by atoms with E-state index in [1.165, 1.54) is 0 Å². The Morgan fingerprint density at radius 3 is 1.70 bits per heavy atom. The van der Waals surface area contributed by atoms with Crippen molar-refractivity contribution in [1.29, 1.82) is 0 Å². The fourth-order valence-electron chi connectivity index (χ4n) is 7.52. The van der Waals surface area contributed by atoms with Gasteiger partial charge in [0, 0.05) is 12.0 Å². The molecule has 0 saturated carbocycles. The van der Waals surface area contributed by atoms with E-state index in [9.17, 15) is 4.79 Å². The zero-order chi connectivity index (χ0) is 36.9. The number of hydrogen-bond acceptors (Lipinski definition) is 5. The van der Waals surface area contributed by atoms with Crippen molar-refractivity contribution < 1.29 is 4.79 Å². The summed E-state index contributed by atoms with van der Waals surface area (Å²) in [6, 6.07) is 57.9. The molecule has 1 aromatic heterocycles. The van der Waals surface area contributed by atoms with Gasteiger partial charge in [0.15, 0.2) is 5.82 Å². The van der Waals surface area contributed by atoms with E-state index in [4.69, 9.17) is 15.3 Å². The highest BCUT2D eigenvalue weighted by Crippen LogP contribution is 2.43. The average Bonchev–Trinajstić information content (AvgIpc) is 3.85. The van der Waals surface area contributed by atoms with Crippen LogP contribution in [0.1, 0.15) is 54.5 Å². The second-order valence-corrected chi connectivity index (χ2v) is 13.5. The number of benzene rings is 6. The monoisotopic (exact) mass is 704 g/mol. The molecule has 54 heavy (non-hydrogen) atoms.